The molecule has 0 bridgehead atoms. The zero-order chi connectivity index (χ0) is 16.7. The Hall–Kier alpha value is -1.95. The Kier molecular flexibility index (Phi) is 6.52. The van der Waals surface area contributed by atoms with Gasteiger partial charge < -0.3 is 24.3 Å². The van der Waals surface area contributed by atoms with E-state index in [4.69, 9.17) is 18.9 Å². The van der Waals surface area contributed by atoms with Crippen LogP contribution in [0.5, 0.6) is 17.2 Å². The fourth-order valence-corrected chi connectivity index (χ4v) is 2.74. The summed E-state index contributed by atoms with van der Waals surface area (Å²) < 4.78 is 21.3. The van der Waals surface area contributed by atoms with Gasteiger partial charge in [-0.05, 0) is 25.3 Å². The van der Waals surface area contributed by atoms with Gasteiger partial charge in [-0.15, -0.1) is 0 Å². The molecule has 1 aromatic rings. The number of hydrogen-bond acceptors (Lipinski definition) is 5. The van der Waals surface area contributed by atoms with Crippen molar-refractivity contribution in [1.82, 2.24) is 5.32 Å². The van der Waals surface area contributed by atoms with E-state index < -0.39 is 0 Å². The topological polar surface area (TPSA) is 66.0 Å². The molecule has 6 heteroatoms. The molecule has 0 aromatic heterocycles. The maximum absolute atomic E-state index is 12.1. The molecule has 1 amide bonds. The third-order valence-corrected chi connectivity index (χ3v) is 4.05. The maximum atomic E-state index is 12.1. The number of hydrogen-bond donors (Lipinski definition) is 1. The van der Waals surface area contributed by atoms with Gasteiger partial charge in [0.1, 0.15) is 5.75 Å². The van der Waals surface area contributed by atoms with Gasteiger partial charge in [0.25, 0.3) is 0 Å². The van der Waals surface area contributed by atoms with Crippen LogP contribution in [0, 0.1) is 5.92 Å². The zero-order valence-electron chi connectivity index (χ0n) is 14.0. The number of benzene rings is 1. The first-order valence-electron chi connectivity index (χ1n) is 7.84. The quantitative estimate of drug-likeness (QED) is 0.829. The van der Waals surface area contributed by atoms with E-state index in [9.17, 15) is 4.79 Å². The van der Waals surface area contributed by atoms with E-state index >= 15 is 0 Å². The summed E-state index contributed by atoms with van der Waals surface area (Å²) in [5.74, 6) is 2.16. The van der Waals surface area contributed by atoms with E-state index in [1.54, 1.807) is 27.4 Å². The van der Waals surface area contributed by atoms with Gasteiger partial charge in [-0.2, -0.15) is 0 Å². The molecule has 0 radical (unpaired) electrons. The Labute approximate surface area is 137 Å². The fourth-order valence-electron chi connectivity index (χ4n) is 2.74. The Morgan fingerprint density at radius 1 is 1.17 bits per heavy atom. The predicted molar refractivity (Wildman–Crippen MR) is 86.4 cm³/mol. The van der Waals surface area contributed by atoms with Crippen LogP contribution < -0.4 is 19.5 Å². The molecular weight excluding hydrogens is 298 g/mol. The summed E-state index contributed by atoms with van der Waals surface area (Å²) in [7, 11) is 4.81. The molecule has 1 aliphatic rings. The number of ether oxygens (including phenoxy) is 4. The number of rotatable bonds is 7. The first-order chi connectivity index (χ1) is 11.2. The highest BCUT2D eigenvalue weighted by Gasteiger charge is 2.21. The van der Waals surface area contributed by atoms with Crippen molar-refractivity contribution in [3.63, 3.8) is 0 Å². The van der Waals surface area contributed by atoms with Crippen molar-refractivity contribution >= 4 is 5.91 Å². The third-order valence-electron chi connectivity index (χ3n) is 4.05. The number of nitrogens with one attached hydrogen (secondary N) is 1. The molecule has 0 atom stereocenters. The minimum Gasteiger partial charge on any atom is -0.497 e. The van der Waals surface area contributed by atoms with E-state index in [2.05, 4.69) is 5.32 Å². The van der Waals surface area contributed by atoms with Crippen LogP contribution in [0.1, 0.15) is 18.4 Å². The van der Waals surface area contributed by atoms with Crippen molar-refractivity contribution in [2.45, 2.75) is 19.3 Å². The van der Waals surface area contributed by atoms with Gasteiger partial charge in [0.15, 0.2) is 11.5 Å². The van der Waals surface area contributed by atoms with Gasteiger partial charge in [0.05, 0.1) is 21.3 Å². The molecule has 128 valence electrons. The Morgan fingerprint density at radius 3 is 2.52 bits per heavy atom. The van der Waals surface area contributed by atoms with E-state index in [1.807, 2.05) is 6.07 Å². The second kappa shape index (κ2) is 8.62. The van der Waals surface area contributed by atoms with Crippen molar-refractivity contribution in [3.05, 3.63) is 17.7 Å². The molecule has 1 fully saturated rings. The summed E-state index contributed by atoms with van der Waals surface area (Å²) in [5, 5.41) is 3.00. The van der Waals surface area contributed by atoms with Crippen LogP contribution >= 0.6 is 0 Å². The molecular formula is C17H25NO5. The van der Waals surface area contributed by atoms with Crippen LogP contribution in [-0.4, -0.2) is 47.0 Å². The molecule has 1 saturated heterocycles. The summed E-state index contributed by atoms with van der Waals surface area (Å²) in [6.45, 7) is 1.88. The van der Waals surface area contributed by atoms with Crippen molar-refractivity contribution in [1.29, 1.82) is 0 Å². The molecule has 0 aliphatic carbocycles. The van der Waals surface area contributed by atoms with Gasteiger partial charge in [0, 0.05) is 37.3 Å². The fraction of sp³-hybridized carbons (Fsp3) is 0.588. The average Bonchev–Trinajstić information content (AvgIpc) is 2.61. The van der Waals surface area contributed by atoms with Gasteiger partial charge in [0.2, 0.25) is 5.91 Å². The van der Waals surface area contributed by atoms with Crippen molar-refractivity contribution in [2.24, 2.45) is 5.92 Å². The normalized spacial score (nSPS) is 15.1. The summed E-state index contributed by atoms with van der Waals surface area (Å²) in [6.07, 6.45) is 2.23. The van der Waals surface area contributed by atoms with Crippen LogP contribution in [0.25, 0.3) is 0 Å². The zero-order valence-corrected chi connectivity index (χ0v) is 14.0. The molecule has 23 heavy (non-hydrogen) atoms. The number of carbonyl (C=O) groups is 1. The van der Waals surface area contributed by atoms with Gasteiger partial charge in [-0.1, -0.05) is 0 Å². The van der Waals surface area contributed by atoms with Gasteiger partial charge in [-0.3, -0.25) is 4.79 Å². The average molecular weight is 323 g/mol. The standard InChI is InChI=1S/C17H25NO5/c1-20-14-10-13(16(22-3)15(11-14)21-2)4-7-18-17(19)12-5-8-23-9-6-12/h10-12H,4-9H2,1-3H3,(H,18,19). The molecule has 0 unspecified atom stereocenters. The van der Waals surface area contributed by atoms with E-state index in [0.717, 1.165) is 18.4 Å². The summed E-state index contributed by atoms with van der Waals surface area (Å²) in [4.78, 5) is 12.1. The molecule has 0 saturated carbocycles. The number of amides is 1. The van der Waals surface area contributed by atoms with Crippen LogP contribution in [0.2, 0.25) is 0 Å². The molecule has 2 rings (SSSR count). The first-order valence-corrected chi connectivity index (χ1v) is 7.84. The second-order valence-electron chi connectivity index (χ2n) is 5.45. The highest BCUT2D eigenvalue weighted by atomic mass is 16.5. The minimum atomic E-state index is 0.0606. The molecule has 1 N–H and O–H groups in total. The van der Waals surface area contributed by atoms with Crippen LogP contribution in [0.3, 0.4) is 0 Å². The lowest BCUT2D eigenvalue weighted by molar-refractivity contribution is -0.127. The summed E-state index contributed by atoms with van der Waals surface area (Å²) in [6, 6.07) is 3.69. The monoisotopic (exact) mass is 323 g/mol. The Balaban J connectivity index is 1.97. The lowest BCUT2D eigenvalue weighted by atomic mass is 9.99. The van der Waals surface area contributed by atoms with Crippen molar-refractivity contribution in [2.75, 3.05) is 41.1 Å². The van der Waals surface area contributed by atoms with E-state index in [0.29, 0.717) is 43.4 Å². The van der Waals surface area contributed by atoms with Crippen LogP contribution in [-0.2, 0) is 16.0 Å². The largest absolute Gasteiger partial charge is 0.497 e. The smallest absolute Gasteiger partial charge is 0.223 e. The maximum Gasteiger partial charge on any atom is 0.223 e. The highest BCUT2D eigenvalue weighted by molar-refractivity contribution is 5.78. The number of carbonyl (C=O) groups excluding carboxylic acids is 1. The molecule has 6 nitrogen and oxygen atoms in total. The minimum absolute atomic E-state index is 0.0606. The SMILES string of the molecule is COc1cc(CCNC(=O)C2CCOCC2)c(OC)c(OC)c1. The molecule has 1 aromatic carbocycles. The van der Waals surface area contributed by atoms with Gasteiger partial charge >= 0.3 is 0 Å². The molecule has 1 heterocycles. The van der Waals surface area contributed by atoms with Crippen LogP contribution in [0.15, 0.2) is 12.1 Å². The molecule has 1 aliphatic heterocycles. The van der Waals surface area contributed by atoms with E-state index in [-0.39, 0.29) is 11.8 Å². The van der Waals surface area contributed by atoms with Crippen LogP contribution in [0.4, 0.5) is 0 Å². The van der Waals surface area contributed by atoms with Crippen molar-refractivity contribution < 1.29 is 23.7 Å². The lowest BCUT2D eigenvalue weighted by Gasteiger charge is -2.21. The molecule has 0 spiro atoms. The van der Waals surface area contributed by atoms with Gasteiger partial charge in [-0.25, -0.2) is 0 Å². The van der Waals surface area contributed by atoms with E-state index in [1.165, 1.54) is 0 Å². The Morgan fingerprint density at radius 2 is 1.91 bits per heavy atom. The highest BCUT2D eigenvalue weighted by Crippen LogP contribution is 2.35. The Bertz CT molecular complexity index is 526. The second-order valence-corrected chi connectivity index (χ2v) is 5.45. The van der Waals surface area contributed by atoms with Crippen molar-refractivity contribution in [3.8, 4) is 17.2 Å². The lowest BCUT2D eigenvalue weighted by Crippen LogP contribution is -2.35. The summed E-state index contributed by atoms with van der Waals surface area (Å²) in [5.41, 5.74) is 0.941. The third kappa shape index (κ3) is 4.51. The number of methoxy groups -OCH3 is 3. The summed E-state index contributed by atoms with van der Waals surface area (Å²) >= 11 is 0. The predicted octanol–water partition coefficient (Wildman–Crippen LogP) is 1.80. The first kappa shape index (κ1) is 17.4.